The van der Waals surface area contributed by atoms with Crippen LogP contribution in [0.25, 0.3) is 6.08 Å². The molecule has 0 saturated carbocycles. The molecule has 1 aliphatic heterocycles. The van der Waals surface area contributed by atoms with Crippen molar-refractivity contribution in [2.24, 2.45) is 0 Å². The molecule has 2 rings (SSSR count). The van der Waals surface area contributed by atoms with Crippen molar-refractivity contribution in [3.8, 4) is 11.5 Å². The molecule has 1 aliphatic rings. The molecule has 0 spiro atoms. The van der Waals surface area contributed by atoms with E-state index in [0.29, 0.717) is 53.5 Å². The Labute approximate surface area is 208 Å². The number of carbonyl (C=O) groups excluding carboxylic acids is 2. The van der Waals surface area contributed by atoms with Gasteiger partial charge in [-0.15, -0.1) is 0 Å². The summed E-state index contributed by atoms with van der Waals surface area (Å²) in [6, 6.07) is 3.77. The number of hydrogen-bond donors (Lipinski definition) is 0. The van der Waals surface area contributed by atoms with E-state index in [1.54, 1.807) is 11.0 Å². The van der Waals surface area contributed by atoms with Crippen LogP contribution in [0, 0.1) is 0 Å². The number of ether oxygens (including phenoxy) is 3. The van der Waals surface area contributed by atoms with Crippen molar-refractivity contribution >= 4 is 62.2 Å². The number of unbranched alkanes of at least 4 members (excludes halogenated alkanes) is 1. The number of esters is 1. The fourth-order valence-corrected chi connectivity index (χ4v) is 4.79. The van der Waals surface area contributed by atoms with Crippen LogP contribution in [0.5, 0.6) is 11.5 Å². The van der Waals surface area contributed by atoms with Gasteiger partial charge < -0.3 is 14.2 Å². The molecule has 1 amide bonds. The second-order valence-corrected chi connectivity index (χ2v) is 9.65. The average Bonchev–Trinajstić information content (AvgIpc) is 3.01. The molecular formula is C23H30BrNO5S2. The zero-order chi connectivity index (χ0) is 23.5. The number of rotatable bonds is 13. The van der Waals surface area contributed by atoms with Crippen molar-refractivity contribution < 1.29 is 23.8 Å². The molecule has 0 radical (unpaired) electrons. The number of halogens is 1. The zero-order valence-corrected chi connectivity index (χ0v) is 22.0. The first-order valence-electron chi connectivity index (χ1n) is 10.9. The first-order chi connectivity index (χ1) is 15.4. The van der Waals surface area contributed by atoms with Gasteiger partial charge >= 0.3 is 5.97 Å². The molecule has 0 N–H and O–H groups in total. The standard InChI is InChI=1S/C23H30BrNO5S2/c1-4-7-12-30-21-17(24)13-16(14-18(21)28-6-3)15-19-22(27)25(23(31)32-19)10-8-9-20(26)29-11-5-2/h13-15H,4-12H2,1-3H3/b19-15-. The normalized spacial score (nSPS) is 14.9. The predicted octanol–water partition coefficient (Wildman–Crippen LogP) is 5.96. The molecule has 0 aromatic heterocycles. The van der Waals surface area contributed by atoms with Crippen LogP contribution >= 0.6 is 39.9 Å². The van der Waals surface area contributed by atoms with Gasteiger partial charge in [0.25, 0.3) is 5.91 Å². The van der Waals surface area contributed by atoms with Gasteiger partial charge in [-0.25, -0.2) is 0 Å². The van der Waals surface area contributed by atoms with Gasteiger partial charge in [0.05, 0.1) is 29.2 Å². The fraction of sp³-hybridized carbons (Fsp3) is 0.522. The molecule has 1 aromatic carbocycles. The quantitative estimate of drug-likeness (QED) is 0.131. The SMILES string of the molecule is CCCCOc1c(Br)cc(/C=C2\SC(=S)N(CCCC(=O)OCCC)C2=O)cc1OCC. The Morgan fingerprint density at radius 3 is 2.62 bits per heavy atom. The highest BCUT2D eigenvalue weighted by Crippen LogP contribution is 2.39. The topological polar surface area (TPSA) is 65.1 Å². The summed E-state index contributed by atoms with van der Waals surface area (Å²) >= 11 is 10.2. The molecule has 0 bridgehead atoms. The molecule has 1 fully saturated rings. The smallest absolute Gasteiger partial charge is 0.305 e. The summed E-state index contributed by atoms with van der Waals surface area (Å²) in [4.78, 5) is 26.6. The van der Waals surface area contributed by atoms with Crippen LogP contribution in [0.1, 0.15) is 58.4 Å². The molecule has 0 atom stereocenters. The molecule has 1 heterocycles. The van der Waals surface area contributed by atoms with Crippen LogP contribution in [0.3, 0.4) is 0 Å². The van der Waals surface area contributed by atoms with Crippen LogP contribution in [-0.2, 0) is 14.3 Å². The number of nitrogens with zero attached hydrogens (tertiary/aromatic N) is 1. The van der Waals surface area contributed by atoms with Crippen LogP contribution in [0.15, 0.2) is 21.5 Å². The largest absolute Gasteiger partial charge is 0.490 e. The zero-order valence-electron chi connectivity index (χ0n) is 18.8. The summed E-state index contributed by atoms with van der Waals surface area (Å²) in [5.74, 6) is 0.895. The lowest BCUT2D eigenvalue weighted by Crippen LogP contribution is -2.29. The van der Waals surface area contributed by atoms with Crippen molar-refractivity contribution in [2.75, 3.05) is 26.4 Å². The van der Waals surface area contributed by atoms with Crippen molar-refractivity contribution in [3.63, 3.8) is 0 Å². The number of amides is 1. The van der Waals surface area contributed by atoms with E-state index in [0.717, 1.165) is 29.3 Å². The summed E-state index contributed by atoms with van der Waals surface area (Å²) in [7, 11) is 0. The third-order valence-corrected chi connectivity index (χ3v) is 6.44. The van der Waals surface area contributed by atoms with Gasteiger partial charge in [0.2, 0.25) is 0 Å². The molecular weight excluding hydrogens is 514 g/mol. The Balaban J connectivity index is 2.10. The molecule has 0 aliphatic carbocycles. The van der Waals surface area contributed by atoms with E-state index in [-0.39, 0.29) is 18.3 Å². The number of thiocarbonyl (C=S) groups is 1. The summed E-state index contributed by atoms with van der Waals surface area (Å²) in [6.45, 7) is 7.90. The molecule has 1 saturated heterocycles. The monoisotopic (exact) mass is 543 g/mol. The van der Waals surface area contributed by atoms with E-state index in [2.05, 4.69) is 22.9 Å². The summed E-state index contributed by atoms with van der Waals surface area (Å²) in [5, 5.41) is 0. The molecule has 9 heteroatoms. The van der Waals surface area contributed by atoms with E-state index in [1.165, 1.54) is 11.8 Å². The van der Waals surface area contributed by atoms with Crippen molar-refractivity contribution in [3.05, 3.63) is 27.1 Å². The van der Waals surface area contributed by atoms with Gasteiger partial charge in [-0.2, -0.15) is 0 Å². The van der Waals surface area contributed by atoms with Gasteiger partial charge in [-0.1, -0.05) is 44.2 Å². The molecule has 1 aromatic rings. The minimum atomic E-state index is -0.248. The van der Waals surface area contributed by atoms with Crippen molar-refractivity contribution in [2.45, 2.75) is 52.9 Å². The molecule has 6 nitrogen and oxygen atoms in total. The molecule has 32 heavy (non-hydrogen) atoms. The Hall–Kier alpha value is -1.58. The number of thioether (sulfide) groups is 1. The van der Waals surface area contributed by atoms with E-state index in [9.17, 15) is 9.59 Å². The average molecular weight is 545 g/mol. The van der Waals surface area contributed by atoms with Crippen LogP contribution in [0.4, 0.5) is 0 Å². The highest BCUT2D eigenvalue weighted by molar-refractivity contribution is 9.10. The molecule has 176 valence electrons. The lowest BCUT2D eigenvalue weighted by Gasteiger charge is -2.15. The maximum absolute atomic E-state index is 12.9. The lowest BCUT2D eigenvalue weighted by atomic mass is 10.1. The second-order valence-electron chi connectivity index (χ2n) is 7.12. The fourth-order valence-electron chi connectivity index (χ4n) is 2.91. The van der Waals surface area contributed by atoms with Gasteiger partial charge in [-0.05, 0) is 65.9 Å². The Morgan fingerprint density at radius 1 is 1.16 bits per heavy atom. The van der Waals surface area contributed by atoms with Crippen molar-refractivity contribution in [1.29, 1.82) is 0 Å². The third-order valence-electron chi connectivity index (χ3n) is 4.48. The van der Waals surface area contributed by atoms with Crippen LogP contribution < -0.4 is 9.47 Å². The number of carbonyl (C=O) groups is 2. The first-order valence-corrected chi connectivity index (χ1v) is 12.9. The first kappa shape index (κ1) is 26.7. The number of benzene rings is 1. The van der Waals surface area contributed by atoms with E-state index in [1.807, 2.05) is 26.0 Å². The van der Waals surface area contributed by atoms with Gasteiger partial charge in [0.15, 0.2) is 11.5 Å². The van der Waals surface area contributed by atoms with Crippen LogP contribution in [-0.4, -0.2) is 47.5 Å². The second kappa shape index (κ2) is 13.9. The Kier molecular flexibility index (Phi) is 11.5. The minimum Gasteiger partial charge on any atom is -0.490 e. The van der Waals surface area contributed by atoms with Gasteiger partial charge in [0.1, 0.15) is 4.32 Å². The summed E-state index contributed by atoms with van der Waals surface area (Å²) in [6.07, 6.45) is 5.36. The maximum atomic E-state index is 12.9. The van der Waals surface area contributed by atoms with Crippen LogP contribution in [0.2, 0.25) is 0 Å². The lowest BCUT2D eigenvalue weighted by molar-refractivity contribution is -0.144. The van der Waals surface area contributed by atoms with Gasteiger partial charge in [0, 0.05) is 13.0 Å². The number of hydrogen-bond acceptors (Lipinski definition) is 7. The van der Waals surface area contributed by atoms with E-state index >= 15 is 0 Å². The highest BCUT2D eigenvalue weighted by atomic mass is 79.9. The third kappa shape index (κ3) is 7.78. The van der Waals surface area contributed by atoms with Crippen molar-refractivity contribution in [1.82, 2.24) is 4.90 Å². The molecule has 0 unspecified atom stereocenters. The van der Waals surface area contributed by atoms with E-state index < -0.39 is 0 Å². The Morgan fingerprint density at radius 2 is 1.94 bits per heavy atom. The Bertz CT molecular complexity index is 859. The highest BCUT2D eigenvalue weighted by Gasteiger charge is 2.31. The predicted molar refractivity (Wildman–Crippen MR) is 136 cm³/mol. The maximum Gasteiger partial charge on any atom is 0.305 e. The minimum absolute atomic E-state index is 0.153. The van der Waals surface area contributed by atoms with E-state index in [4.69, 9.17) is 26.4 Å². The summed E-state index contributed by atoms with van der Waals surface area (Å²) in [5.41, 5.74) is 0.812. The van der Waals surface area contributed by atoms with Gasteiger partial charge in [-0.3, -0.25) is 14.5 Å². The summed E-state index contributed by atoms with van der Waals surface area (Å²) < 4.78 is 18.0.